The van der Waals surface area contributed by atoms with Crippen molar-refractivity contribution in [2.45, 2.75) is 19.1 Å². The van der Waals surface area contributed by atoms with Crippen LogP contribution in [0.3, 0.4) is 0 Å². The topological polar surface area (TPSA) is 66.8 Å². The summed E-state index contributed by atoms with van der Waals surface area (Å²) in [6.07, 6.45) is 0. The van der Waals surface area contributed by atoms with Crippen molar-refractivity contribution in [2.24, 2.45) is 0 Å². The first-order chi connectivity index (χ1) is 7.35. The largest absolute Gasteiger partial charge is 0.479 e. The van der Waals surface area contributed by atoms with Crippen molar-refractivity contribution in [2.75, 3.05) is 0 Å². The van der Waals surface area contributed by atoms with E-state index < -0.39 is 18.2 Å². The van der Waals surface area contributed by atoms with Gasteiger partial charge in [0, 0.05) is 5.56 Å². The Morgan fingerprint density at radius 2 is 2.00 bits per heavy atom. The number of carboxylic acid groups (broad SMARTS) is 1. The van der Waals surface area contributed by atoms with Crippen LogP contribution >= 0.6 is 0 Å². The predicted octanol–water partition coefficient (Wildman–Crippen LogP) is 1.58. The number of carboxylic acids is 1. The average molecular weight is 232 g/mol. The first kappa shape index (κ1) is 12.4. The third-order valence-electron chi connectivity index (χ3n) is 2.04. The van der Waals surface area contributed by atoms with Gasteiger partial charge in [0.2, 0.25) is 0 Å². The number of hydrogen-bond acceptors (Lipinski definition) is 3. The van der Waals surface area contributed by atoms with Crippen molar-refractivity contribution < 1.29 is 28.5 Å². The number of alkyl halides is 2. The van der Waals surface area contributed by atoms with Gasteiger partial charge in [-0.3, -0.25) is 0 Å². The first-order valence-corrected chi connectivity index (χ1v) is 4.35. The van der Waals surface area contributed by atoms with Crippen molar-refractivity contribution in [1.82, 2.24) is 0 Å². The van der Waals surface area contributed by atoms with Crippen molar-refractivity contribution in [1.29, 1.82) is 0 Å². The molecule has 4 nitrogen and oxygen atoms in total. The van der Waals surface area contributed by atoms with Gasteiger partial charge in [-0.25, -0.2) is 4.79 Å². The fraction of sp³-hybridized carbons (Fsp3) is 0.300. The molecule has 0 amide bonds. The Morgan fingerprint density at radius 3 is 2.50 bits per heavy atom. The van der Waals surface area contributed by atoms with Gasteiger partial charge in [-0.1, -0.05) is 18.2 Å². The van der Waals surface area contributed by atoms with Crippen LogP contribution in [0.4, 0.5) is 8.78 Å². The van der Waals surface area contributed by atoms with Gasteiger partial charge in [-0.15, -0.1) is 0 Å². The fourth-order valence-corrected chi connectivity index (χ4v) is 1.18. The monoisotopic (exact) mass is 232 g/mol. The highest BCUT2D eigenvalue weighted by molar-refractivity contribution is 5.79. The molecule has 0 bridgehead atoms. The second-order valence-electron chi connectivity index (χ2n) is 3.25. The molecule has 0 aliphatic heterocycles. The summed E-state index contributed by atoms with van der Waals surface area (Å²) in [5.41, 5.74) is -2.49. The molecule has 0 aromatic heterocycles. The second kappa shape index (κ2) is 4.44. The van der Waals surface area contributed by atoms with Crippen LogP contribution in [0.5, 0.6) is 5.75 Å². The van der Waals surface area contributed by atoms with E-state index in [1.807, 2.05) is 0 Å². The molecule has 0 heterocycles. The quantitative estimate of drug-likeness (QED) is 0.827. The Balaban J connectivity index is 3.17. The molecule has 0 aliphatic rings. The summed E-state index contributed by atoms with van der Waals surface area (Å²) >= 11 is 0. The molecule has 1 atom stereocenters. The highest BCUT2D eigenvalue weighted by Crippen LogP contribution is 2.30. The van der Waals surface area contributed by atoms with E-state index in [-0.39, 0.29) is 11.3 Å². The molecule has 1 aromatic rings. The van der Waals surface area contributed by atoms with Gasteiger partial charge in [-0.05, 0) is 13.0 Å². The lowest BCUT2D eigenvalue weighted by molar-refractivity contribution is -0.158. The van der Waals surface area contributed by atoms with Crippen molar-refractivity contribution >= 4 is 5.97 Å². The highest BCUT2D eigenvalue weighted by Gasteiger charge is 2.35. The summed E-state index contributed by atoms with van der Waals surface area (Å²) in [5, 5.41) is 18.4. The SMILES string of the molecule is CC(O)(C(=O)O)c1ccccc1OC(F)F. The average Bonchev–Trinajstić information content (AvgIpc) is 2.17. The lowest BCUT2D eigenvalue weighted by atomic mass is 9.95. The molecular formula is C10H10F2O4. The summed E-state index contributed by atoms with van der Waals surface area (Å²) in [6, 6.07) is 5.20. The molecule has 2 N–H and O–H groups in total. The fourth-order valence-electron chi connectivity index (χ4n) is 1.18. The number of aliphatic hydroxyl groups is 1. The van der Waals surface area contributed by atoms with Gasteiger partial charge >= 0.3 is 12.6 Å². The van der Waals surface area contributed by atoms with Crippen LogP contribution in [0.15, 0.2) is 24.3 Å². The third-order valence-corrected chi connectivity index (χ3v) is 2.04. The van der Waals surface area contributed by atoms with E-state index in [0.717, 1.165) is 6.92 Å². The standard InChI is InChI=1S/C10H10F2O4/c1-10(15,8(13)14)6-4-2-3-5-7(6)16-9(11)12/h2-5,9,15H,1H3,(H,13,14). The minimum Gasteiger partial charge on any atom is -0.479 e. The molecule has 88 valence electrons. The lowest BCUT2D eigenvalue weighted by Gasteiger charge is -2.21. The van der Waals surface area contributed by atoms with Crippen molar-refractivity contribution in [3.63, 3.8) is 0 Å². The van der Waals surface area contributed by atoms with Crippen molar-refractivity contribution in [3.8, 4) is 5.75 Å². The number of aliphatic carboxylic acids is 1. The maximum absolute atomic E-state index is 12.0. The van der Waals surface area contributed by atoms with Crippen molar-refractivity contribution in [3.05, 3.63) is 29.8 Å². The first-order valence-electron chi connectivity index (χ1n) is 4.35. The number of rotatable bonds is 4. The zero-order chi connectivity index (χ0) is 12.3. The maximum atomic E-state index is 12.0. The Kier molecular flexibility index (Phi) is 3.44. The molecule has 0 aliphatic carbocycles. The van der Waals surface area contributed by atoms with Crippen LogP contribution in [0.25, 0.3) is 0 Å². The molecule has 0 spiro atoms. The van der Waals surface area contributed by atoms with E-state index in [0.29, 0.717) is 0 Å². The Morgan fingerprint density at radius 1 is 1.44 bits per heavy atom. The van der Waals surface area contributed by atoms with Gasteiger partial charge in [0.05, 0.1) is 0 Å². The number of hydrogen-bond donors (Lipinski definition) is 2. The highest BCUT2D eigenvalue weighted by atomic mass is 19.3. The number of benzene rings is 1. The maximum Gasteiger partial charge on any atom is 0.387 e. The van der Waals surface area contributed by atoms with E-state index in [9.17, 15) is 18.7 Å². The van der Waals surface area contributed by atoms with Crippen LogP contribution in [0.2, 0.25) is 0 Å². The van der Waals surface area contributed by atoms with Gasteiger partial charge in [0.15, 0.2) is 5.60 Å². The van der Waals surface area contributed by atoms with Gasteiger partial charge in [0.25, 0.3) is 0 Å². The van der Waals surface area contributed by atoms with Gasteiger partial charge in [-0.2, -0.15) is 8.78 Å². The minimum absolute atomic E-state index is 0.220. The Hall–Kier alpha value is -1.69. The molecule has 0 radical (unpaired) electrons. The zero-order valence-electron chi connectivity index (χ0n) is 8.35. The van der Waals surface area contributed by atoms with Crippen LogP contribution in [-0.2, 0) is 10.4 Å². The van der Waals surface area contributed by atoms with E-state index >= 15 is 0 Å². The Labute approximate surface area is 90.1 Å². The van der Waals surface area contributed by atoms with Gasteiger partial charge in [0.1, 0.15) is 5.75 Å². The molecular weight excluding hydrogens is 222 g/mol. The molecule has 0 saturated heterocycles. The van der Waals surface area contributed by atoms with Gasteiger partial charge < -0.3 is 14.9 Å². The van der Waals surface area contributed by atoms with E-state index in [1.54, 1.807) is 0 Å². The molecule has 16 heavy (non-hydrogen) atoms. The zero-order valence-corrected chi connectivity index (χ0v) is 8.35. The summed E-state index contributed by atoms with van der Waals surface area (Å²) < 4.78 is 28.2. The molecule has 1 unspecified atom stereocenters. The summed E-state index contributed by atoms with van der Waals surface area (Å²) in [4.78, 5) is 10.8. The third kappa shape index (κ3) is 2.46. The minimum atomic E-state index is -3.08. The number of ether oxygens (including phenoxy) is 1. The normalized spacial score (nSPS) is 14.6. The lowest BCUT2D eigenvalue weighted by Crippen LogP contribution is -2.32. The smallest absolute Gasteiger partial charge is 0.387 e. The van der Waals surface area contributed by atoms with Crippen LogP contribution in [0.1, 0.15) is 12.5 Å². The van der Waals surface area contributed by atoms with E-state index in [4.69, 9.17) is 5.11 Å². The second-order valence-corrected chi connectivity index (χ2v) is 3.25. The summed E-state index contributed by atoms with van der Waals surface area (Å²) in [5.74, 6) is -1.90. The number of halogens is 2. The van der Waals surface area contributed by atoms with E-state index in [1.165, 1.54) is 24.3 Å². The number of para-hydroxylation sites is 1. The molecule has 1 aromatic carbocycles. The molecule has 6 heteroatoms. The van der Waals surface area contributed by atoms with Crippen LogP contribution < -0.4 is 4.74 Å². The number of carbonyl (C=O) groups is 1. The predicted molar refractivity (Wildman–Crippen MR) is 50.3 cm³/mol. The summed E-state index contributed by atoms with van der Waals surface area (Å²) in [6.45, 7) is -2.09. The van der Waals surface area contributed by atoms with Crippen LogP contribution in [-0.4, -0.2) is 22.8 Å². The van der Waals surface area contributed by atoms with Crippen LogP contribution in [0, 0.1) is 0 Å². The molecule has 0 fully saturated rings. The van der Waals surface area contributed by atoms with E-state index in [2.05, 4.69) is 4.74 Å². The molecule has 0 saturated carbocycles. The summed E-state index contributed by atoms with van der Waals surface area (Å²) in [7, 11) is 0. The Bertz CT molecular complexity index is 390. The molecule has 1 rings (SSSR count).